The van der Waals surface area contributed by atoms with Gasteiger partial charge in [-0.25, -0.2) is 0 Å². The number of fused-ring (bicyclic) bond motifs is 4. The molecule has 2 aliphatic heterocycles. The van der Waals surface area contributed by atoms with Gasteiger partial charge in [0, 0.05) is 35.7 Å². The number of rotatable bonds is 2. The first-order valence-electron chi connectivity index (χ1n) is 11.3. The predicted octanol–water partition coefficient (Wildman–Crippen LogP) is 3.75. The summed E-state index contributed by atoms with van der Waals surface area (Å²) in [6, 6.07) is 11.1. The second-order valence-corrected chi connectivity index (χ2v) is 10.3. The normalized spacial score (nSPS) is 35.8. The number of para-hydroxylation sites is 1. The van der Waals surface area contributed by atoms with E-state index in [9.17, 15) is 15.4 Å². The van der Waals surface area contributed by atoms with Gasteiger partial charge in [0.25, 0.3) is 0 Å². The summed E-state index contributed by atoms with van der Waals surface area (Å²) in [6.45, 7) is 6.60. The number of H-pyrrole nitrogens is 1. The van der Waals surface area contributed by atoms with E-state index in [1.807, 2.05) is 31.2 Å². The molecule has 1 saturated heterocycles. The molecule has 0 radical (unpaired) electrons. The molecule has 6 nitrogen and oxygen atoms in total. The van der Waals surface area contributed by atoms with Crippen LogP contribution in [0, 0.1) is 5.21 Å². The quantitative estimate of drug-likeness (QED) is 0.328. The number of aromatic amines is 1. The summed E-state index contributed by atoms with van der Waals surface area (Å²) in [5, 5.41) is 38.7. The van der Waals surface area contributed by atoms with Gasteiger partial charge in [0.15, 0.2) is 17.6 Å². The van der Waals surface area contributed by atoms with Crippen molar-refractivity contribution in [3.63, 3.8) is 0 Å². The van der Waals surface area contributed by atoms with Gasteiger partial charge in [-0.15, -0.1) is 0 Å². The molecule has 6 heteroatoms. The number of nitrogens with one attached hydrogen (secondary N) is 1. The maximum absolute atomic E-state index is 14.3. The lowest BCUT2D eigenvalue weighted by Gasteiger charge is -2.67. The van der Waals surface area contributed by atoms with Crippen molar-refractivity contribution in [3.05, 3.63) is 76.1 Å². The zero-order valence-corrected chi connectivity index (χ0v) is 18.0. The first kappa shape index (κ1) is 18.7. The summed E-state index contributed by atoms with van der Waals surface area (Å²) in [5.41, 5.74) is 3.70. The molecule has 4 aliphatic rings. The zero-order valence-electron chi connectivity index (χ0n) is 18.0. The average Bonchev–Trinajstić information content (AvgIpc) is 3.28. The van der Waals surface area contributed by atoms with E-state index in [0.29, 0.717) is 38.1 Å². The second-order valence-electron chi connectivity index (χ2n) is 10.3. The standard InChI is InChI=1S/C26H26N2O4/c1-14(2)13-28(31)10-9-25-21-15-7-8-19(29)23(21)32-24(25)22-17(12-26(25,30)20(28)11-15)16-5-3-4-6-18(16)27-22/h3-8,20,24,27,29-30H,1,9-13H2,2H3/t20-,24+,25+,26-,28?/m1/s1. The molecule has 0 saturated carbocycles. The molecular weight excluding hydrogens is 404 g/mol. The van der Waals surface area contributed by atoms with Crippen LogP contribution in [0.25, 0.3) is 10.9 Å². The highest BCUT2D eigenvalue weighted by atomic mass is 16.6. The van der Waals surface area contributed by atoms with Gasteiger partial charge >= 0.3 is 0 Å². The summed E-state index contributed by atoms with van der Waals surface area (Å²) < 4.78 is 6.05. The number of nitrogens with zero attached hydrogens (tertiary/aromatic N) is 1. The molecule has 2 aliphatic carbocycles. The van der Waals surface area contributed by atoms with Crippen molar-refractivity contribution in [1.82, 2.24) is 4.98 Å². The van der Waals surface area contributed by atoms with Crippen molar-refractivity contribution < 1.29 is 19.6 Å². The third kappa shape index (κ3) is 1.90. The van der Waals surface area contributed by atoms with Crippen molar-refractivity contribution in [2.45, 2.75) is 49.3 Å². The highest BCUT2D eigenvalue weighted by molar-refractivity contribution is 5.86. The van der Waals surface area contributed by atoms with Gasteiger partial charge in [-0.05, 0) is 35.8 Å². The lowest BCUT2D eigenvalue weighted by molar-refractivity contribution is -0.918. The van der Waals surface area contributed by atoms with Crippen LogP contribution >= 0.6 is 0 Å². The Labute approximate surface area is 185 Å². The van der Waals surface area contributed by atoms with Gasteiger partial charge in [-0.2, -0.15) is 0 Å². The minimum atomic E-state index is -1.28. The SMILES string of the molecule is C=C(C)C[N+]1([O-])CC[C@]23c4c5ccc(O)c4O[C@H]2c2[nH]c4ccccc4c2C[C@@]3(O)[C@H]1C5. The predicted molar refractivity (Wildman–Crippen MR) is 120 cm³/mol. The van der Waals surface area contributed by atoms with Crippen molar-refractivity contribution in [2.75, 3.05) is 13.1 Å². The Morgan fingerprint density at radius 3 is 2.94 bits per heavy atom. The lowest BCUT2D eigenvalue weighted by Crippen LogP contribution is -2.78. The van der Waals surface area contributed by atoms with E-state index in [4.69, 9.17) is 4.74 Å². The van der Waals surface area contributed by atoms with Crippen LogP contribution in [0.2, 0.25) is 0 Å². The molecule has 1 aromatic heterocycles. The van der Waals surface area contributed by atoms with Crippen LogP contribution in [0.3, 0.4) is 0 Å². The summed E-state index contributed by atoms with van der Waals surface area (Å²) >= 11 is 0. The van der Waals surface area contributed by atoms with Crippen molar-refractivity contribution in [3.8, 4) is 11.5 Å². The Morgan fingerprint density at radius 1 is 1.31 bits per heavy atom. The summed E-state index contributed by atoms with van der Waals surface area (Å²) in [5.74, 6) is 0.572. The van der Waals surface area contributed by atoms with Gasteiger partial charge < -0.3 is 29.8 Å². The first-order chi connectivity index (χ1) is 15.3. The second kappa shape index (κ2) is 5.57. The maximum atomic E-state index is 14.3. The monoisotopic (exact) mass is 430 g/mol. The summed E-state index contributed by atoms with van der Waals surface area (Å²) in [4.78, 5) is 3.56. The minimum Gasteiger partial charge on any atom is -0.632 e. The molecule has 5 atom stereocenters. The number of piperidine rings is 1. The Balaban J connectivity index is 1.56. The topological polar surface area (TPSA) is 88.5 Å². The molecule has 3 N–H and O–H groups in total. The Hall–Kier alpha value is -2.80. The highest BCUT2D eigenvalue weighted by Gasteiger charge is 2.75. The Morgan fingerprint density at radius 2 is 2.12 bits per heavy atom. The number of phenolic OH excluding ortho intramolecular Hbond substituents is 1. The molecule has 7 rings (SSSR count). The van der Waals surface area contributed by atoms with E-state index in [-0.39, 0.29) is 5.75 Å². The molecular formula is C26H26N2O4. The number of hydrogen-bond donors (Lipinski definition) is 3. The van der Waals surface area contributed by atoms with Crippen molar-refractivity contribution >= 4 is 10.9 Å². The van der Waals surface area contributed by atoms with Crippen LogP contribution in [-0.2, 0) is 18.3 Å². The number of benzene rings is 2. The number of aliphatic hydroxyl groups is 1. The fourth-order valence-electron chi connectivity index (χ4n) is 7.54. The molecule has 3 heterocycles. The molecule has 2 aromatic carbocycles. The van der Waals surface area contributed by atoms with Crippen molar-refractivity contribution in [2.24, 2.45) is 0 Å². The van der Waals surface area contributed by atoms with Crippen LogP contribution in [0.4, 0.5) is 0 Å². The molecule has 32 heavy (non-hydrogen) atoms. The van der Waals surface area contributed by atoms with Gasteiger partial charge in [-0.3, -0.25) is 0 Å². The first-order valence-corrected chi connectivity index (χ1v) is 11.3. The van der Waals surface area contributed by atoms with E-state index < -0.39 is 27.8 Å². The van der Waals surface area contributed by atoms with Gasteiger partial charge in [0.1, 0.15) is 11.6 Å². The number of likely N-dealkylation sites (tertiary alicyclic amines) is 1. The van der Waals surface area contributed by atoms with Crippen LogP contribution in [0.1, 0.15) is 41.8 Å². The van der Waals surface area contributed by atoms with E-state index in [2.05, 4.69) is 17.6 Å². The van der Waals surface area contributed by atoms with E-state index >= 15 is 0 Å². The van der Waals surface area contributed by atoms with E-state index in [1.165, 1.54) is 0 Å². The zero-order chi connectivity index (χ0) is 22.0. The van der Waals surface area contributed by atoms with Crippen LogP contribution < -0.4 is 4.74 Å². The number of hydroxylamine groups is 3. The van der Waals surface area contributed by atoms with Gasteiger partial charge in [0.05, 0.1) is 24.2 Å². The van der Waals surface area contributed by atoms with E-state index in [0.717, 1.165) is 38.9 Å². The summed E-state index contributed by atoms with van der Waals surface area (Å²) in [7, 11) is 0. The van der Waals surface area contributed by atoms with Gasteiger partial charge in [-0.1, -0.05) is 30.8 Å². The fraction of sp³-hybridized carbons (Fsp3) is 0.385. The maximum Gasteiger partial charge on any atom is 0.166 e. The number of aromatic nitrogens is 1. The minimum absolute atomic E-state index is 0.0985. The van der Waals surface area contributed by atoms with Crippen LogP contribution in [0.5, 0.6) is 11.5 Å². The third-order valence-corrected chi connectivity index (χ3v) is 8.63. The third-order valence-electron chi connectivity index (χ3n) is 8.63. The number of aromatic hydroxyl groups is 1. The average molecular weight is 431 g/mol. The van der Waals surface area contributed by atoms with Crippen LogP contribution in [0.15, 0.2) is 48.6 Å². The number of quaternary nitrogens is 1. The highest BCUT2D eigenvalue weighted by Crippen LogP contribution is 2.69. The molecule has 1 spiro atoms. The Bertz CT molecular complexity index is 1350. The summed E-state index contributed by atoms with van der Waals surface area (Å²) in [6.07, 6.45) is 0.890. The molecule has 3 aromatic rings. The molecule has 2 bridgehead atoms. The molecule has 164 valence electrons. The lowest BCUT2D eigenvalue weighted by atomic mass is 9.48. The largest absolute Gasteiger partial charge is 0.632 e. The van der Waals surface area contributed by atoms with Gasteiger partial charge in [0.2, 0.25) is 0 Å². The number of ether oxygens (including phenoxy) is 1. The number of hydrogen-bond acceptors (Lipinski definition) is 4. The molecule has 0 amide bonds. The smallest absolute Gasteiger partial charge is 0.166 e. The fourth-order valence-corrected chi connectivity index (χ4v) is 7.54. The molecule has 1 unspecified atom stereocenters. The van der Waals surface area contributed by atoms with E-state index in [1.54, 1.807) is 6.07 Å². The van der Waals surface area contributed by atoms with Crippen LogP contribution in [-0.4, -0.2) is 44.6 Å². The Kier molecular flexibility index (Phi) is 3.26. The molecule has 1 fully saturated rings. The van der Waals surface area contributed by atoms with Crippen molar-refractivity contribution in [1.29, 1.82) is 0 Å². The number of phenols is 1.